The zero-order chi connectivity index (χ0) is 30.2. The van der Waals surface area contributed by atoms with Gasteiger partial charge >= 0.3 is 0 Å². The zero-order valence-electron chi connectivity index (χ0n) is 24.1. The molecule has 3 rings (SSSR count). The predicted octanol–water partition coefficient (Wildman–Crippen LogP) is 2.81. The van der Waals surface area contributed by atoms with Gasteiger partial charge in [-0.25, -0.2) is 14.9 Å². The van der Waals surface area contributed by atoms with Crippen LogP contribution in [-0.4, -0.2) is 84.3 Å². The van der Waals surface area contributed by atoms with Crippen LogP contribution < -0.4 is 26.8 Å². The van der Waals surface area contributed by atoms with Crippen LogP contribution in [0.1, 0.15) is 17.7 Å². The molecule has 6 N–H and O–H groups in total. The van der Waals surface area contributed by atoms with Crippen molar-refractivity contribution in [3.8, 4) is 11.9 Å². The largest absolute Gasteiger partial charge is 0.497 e. The number of nitrogens with zero attached hydrogens (tertiary/aromatic N) is 8. The summed E-state index contributed by atoms with van der Waals surface area (Å²) in [7, 11) is 3.75. The van der Waals surface area contributed by atoms with E-state index in [1.54, 1.807) is 18.9 Å². The van der Waals surface area contributed by atoms with E-state index in [-0.39, 0.29) is 11.9 Å². The Bertz CT molecular complexity index is 1310. The second-order valence-corrected chi connectivity index (χ2v) is 11.3. The number of methoxy groups -OCH3 is 1. The molecule has 0 amide bonds. The van der Waals surface area contributed by atoms with Crippen LogP contribution in [0.3, 0.4) is 0 Å². The van der Waals surface area contributed by atoms with E-state index < -0.39 is 0 Å². The Morgan fingerprint density at radius 2 is 1.90 bits per heavy atom. The first-order chi connectivity index (χ1) is 20.4. The number of hydrogen-bond acceptors (Lipinski definition) is 10. The lowest BCUT2D eigenvalue weighted by Gasteiger charge is -2.27. The molecule has 0 atom stereocenters. The van der Waals surface area contributed by atoms with Crippen molar-refractivity contribution in [3.05, 3.63) is 65.3 Å². The molecule has 0 bridgehead atoms. The minimum Gasteiger partial charge on any atom is -0.497 e. The van der Waals surface area contributed by atoms with Crippen molar-refractivity contribution in [2.45, 2.75) is 18.7 Å². The summed E-state index contributed by atoms with van der Waals surface area (Å²) in [4.78, 5) is 23.2. The molecule has 0 aliphatic rings. The summed E-state index contributed by atoms with van der Waals surface area (Å²) in [5.41, 5.74) is 19.0. The molecule has 224 valence electrons. The third kappa shape index (κ3) is 11.4. The summed E-state index contributed by atoms with van der Waals surface area (Å²) in [6, 6.07) is 14.0. The molecule has 0 aliphatic carbocycles. The molecule has 42 heavy (non-hydrogen) atoms. The average molecular weight is 610 g/mol. The molecule has 2 aromatic heterocycles. The predicted molar refractivity (Wildman–Crippen MR) is 173 cm³/mol. The number of thioether (sulfide) groups is 1. The number of nitriles is 1. The smallest absolute Gasteiger partial charge is 0.212 e. The topological polar surface area (TPSA) is 171 Å². The monoisotopic (exact) mass is 609 g/mol. The quantitative estimate of drug-likeness (QED) is 0.0676. The number of pyridine rings is 1. The van der Waals surface area contributed by atoms with Crippen LogP contribution in [0.5, 0.6) is 5.75 Å². The maximum atomic E-state index is 9.59. The first-order valence-corrected chi connectivity index (χ1v) is 15.5. The number of likely N-dealkylation sites (N-methyl/N-ethyl adjacent to an activating group) is 1. The van der Waals surface area contributed by atoms with Crippen molar-refractivity contribution < 1.29 is 4.74 Å². The van der Waals surface area contributed by atoms with E-state index in [4.69, 9.17) is 21.9 Å². The lowest BCUT2D eigenvalue weighted by Crippen LogP contribution is -2.37. The molecule has 1 aromatic carbocycles. The third-order valence-electron chi connectivity index (χ3n) is 6.10. The van der Waals surface area contributed by atoms with Gasteiger partial charge in [0.1, 0.15) is 11.6 Å². The van der Waals surface area contributed by atoms with Gasteiger partial charge < -0.3 is 31.7 Å². The molecule has 0 fully saturated rings. The Morgan fingerprint density at radius 1 is 1.10 bits per heavy atom. The fraction of sp³-hybridized carbons (Fsp3) is 0.393. The fourth-order valence-corrected chi connectivity index (χ4v) is 5.43. The molecule has 0 saturated heterocycles. The lowest BCUT2D eigenvalue weighted by atomic mass is 10.2. The van der Waals surface area contributed by atoms with Crippen LogP contribution in [0.2, 0.25) is 0 Å². The van der Waals surface area contributed by atoms with Crippen molar-refractivity contribution in [1.82, 2.24) is 19.8 Å². The summed E-state index contributed by atoms with van der Waals surface area (Å²) in [5.74, 6) is 3.48. The van der Waals surface area contributed by atoms with Crippen molar-refractivity contribution in [2.75, 3.05) is 57.5 Å². The number of hydrogen-bond donors (Lipinski definition) is 3. The van der Waals surface area contributed by atoms with Gasteiger partial charge in [-0.3, -0.25) is 4.99 Å². The van der Waals surface area contributed by atoms with E-state index in [9.17, 15) is 5.26 Å². The summed E-state index contributed by atoms with van der Waals surface area (Å²) < 4.78 is 5.29. The van der Waals surface area contributed by atoms with Crippen molar-refractivity contribution >= 4 is 46.0 Å². The molecule has 0 unspecified atom stereocenters. The Balaban J connectivity index is 1.39. The number of aromatic nitrogens is 2. The lowest BCUT2D eigenvalue weighted by molar-refractivity contribution is 0.323. The molecule has 0 radical (unpaired) electrons. The summed E-state index contributed by atoms with van der Waals surface area (Å²) in [6.45, 7) is 4.22. The van der Waals surface area contributed by atoms with Gasteiger partial charge in [-0.05, 0) is 49.8 Å². The molecule has 12 nitrogen and oxygen atoms in total. The van der Waals surface area contributed by atoms with Gasteiger partial charge in [-0.1, -0.05) is 18.2 Å². The average Bonchev–Trinajstić information content (AvgIpc) is 3.44. The number of anilines is 1. The highest BCUT2D eigenvalue weighted by Gasteiger charge is 2.12. The Hall–Kier alpha value is -4.06. The summed E-state index contributed by atoms with van der Waals surface area (Å²) >= 11 is 3.07. The molecule has 2 heterocycles. The van der Waals surface area contributed by atoms with Crippen LogP contribution in [-0.2, 0) is 12.3 Å². The van der Waals surface area contributed by atoms with E-state index in [1.807, 2.05) is 41.9 Å². The maximum Gasteiger partial charge on any atom is 0.212 e. The highest BCUT2D eigenvalue weighted by molar-refractivity contribution is 7.98. The van der Waals surface area contributed by atoms with E-state index in [0.717, 1.165) is 61.4 Å². The van der Waals surface area contributed by atoms with Crippen LogP contribution >= 0.6 is 23.1 Å². The Kier molecular flexibility index (Phi) is 13.7. The number of ether oxygens (including phenoxy) is 1. The van der Waals surface area contributed by atoms with E-state index >= 15 is 0 Å². The first-order valence-electron chi connectivity index (χ1n) is 13.4. The number of nitrogens with two attached hydrogens (primary N) is 3. The van der Waals surface area contributed by atoms with Gasteiger partial charge in [0.15, 0.2) is 12.2 Å². The molecule has 3 aromatic rings. The van der Waals surface area contributed by atoms with E-state index in [1.165, 1.54) is 21.8 Å². The number of aliphatic imine (C=N–C) groups is 2. The first kappa shape index (κ1) is 32.5. The molecule has 0 spiro atoms. The molecule has 0 aliphatic heterocycles. The number of rotatable bonds is 17. The van der Waals surface area contributed by atoms with Gasteiger partial charge in [0.25, 0.3) is 0 Å². The summed E-state index contributed by atoms with van der Waals surface area (Å²) in [5, 5.41) is 12.1. The second-order valence-electron chi connectivity index (χ2n) is 9.32. The van der Waals surface area contributed by atoms with Crippen molar-refractivity contribution in [3.63, 3.8) is 0 Å². The van der Waals surface area contributed by atoms with E-state index in [0.29, 0.717) is 18.2 Å². The molecular weight excluding hydrogens is 571 g/mol. The van der Waals surface area contributed by atoms with Gasteiger partial charge in [0.2, 0.25) is 11.1 Å². The van der Waals surface area contributed by atoms with Crippen LogP contribution in [0.15, 0.2) is 64.0 Å². The highest BCUT2D eigenvalue weighted by atomic mass is 32.2. The minimum absolute atomic E-state index is 0.00456. The van der Waals surface area contributed by atoms with Gasteiger partial charge in [-0.15, -0.1) is 11.3 Å². The van der Waals surface area contributed by atoms with Gasteiger partial charge in [0, 0.05) is 49.3 Å². The standard InChI is InChI=1S/C28H39N11OS2/c1-37(15-16-38(25-6-3-4-11-33-25)18-22-7-9-24(40-2)10-8-22)13-5-14-39(21-29)27(32)34-12-17-41-19-23-20-42-28(35-23)36-26(30)31/h3-4,6-11,20H,5,12-19H2,1-2H3,(H2,32,34)(H4,30,31,35,36). The Labute approximate surface area is 255 Å². The number of thiazole rings is 1. The summed E-state index contributed by atoms with van der Waals surface area (Å²) in [6.07, 6.45) is 4.74. The van der Waals surface area contributed by atoms with Crippen LogP contribution in [0, 0.1) is 11.5 Å². The normalized spacial score (nSPS) is 11.2. The Morgan fingerprint density at radius 3 is 2.60 bits per heavy atom. The number of guanidine groups is 2. The highest BCUT2D eigenvalue weighted by Crippen LogP contribution is 2.21. The second kappa shape index (κ2) is 17.7. The van der Waals surface area contributed by atoms with Crippen molar-refractivity contribution in [1.29, 1.82) is 5.26 Å². The zero-order valence-corrected chi connectivity index (χ0v) is 25.7. The minimum atomic E-state index is -0.00456. The fourth-order valence-electron chi connectivity index (χ4n) is 3.90. The van der Waals surface area contributed by atoms with Crippen LogP contribution in [0.25, 0.3) is 0 Å². The van der Waals surface area contributed by atoms with Gasteiger partial charge in [-0.2, -0.15) is 22.0 Å². The molecule has 14 heteroatoms. The van der Waals surface area contributed by atoms with Crippen molar-refractivity contribution in [2.24, 2.45) is 27.2 Å². The third-order valence-corrected chi connectivity index (χ3v) is 7.85. The molecule has 0 saturated carbocycles. The van der Waals surface area contributed by atoms with E-state index in [2.05, 4.69) is 55.1 Å². The SMILES string of the molecule is COc1ccc(CN(CCN(C)CCCN(C#N)C(N)=NCCSCc2csc(N=C(N)N)n2)c2ccccn2)cc1. The number of benzene rings is 1. The maximum absolute atomic E-state index is 9.59. The van der Waals surface area contributed by atoms with Crippen LogP contribution in [0.4, 0.5) is 10.9 Å². The van der Waals surface area contributed by atoms with Gasteiger partial charge in [0.05, 0.1) is 19.3 Å². The molecular formula is C28H39N11OS2.